The van der Waals surface area contributed by atoms with Crippen molar-refractivity contribution in [3.05, 3.63) is 80.7 Å². The van der Waals surface area contributed by atoms with E-state index < -0.39 is 16.8 Å². The summed E-state index contributed by atoms with van der Waals surface area (Å²) in [5.41, 5.74) is 9.59. The molecule has 0 saturated heterocycles. The van der Waals surface area contributed by atoms with E-state index in [0.29, 0.717) is 36.5 Å². The molecule has 0 saturated carbocycles. The summed E-state index contributed by atoms with van der Waals surface area (Å²) in [6.45, 7) is 7.23. The van der Waals surface area contributed by atoms with Gasteiger partial charge in [-0.1, -0.05) is 31.2 Å². The standard InChI is InChI=1S/C25H26N10O6/c1-4-33(5-2)14-20-21(28-32-34(20)23-22(26)30-41-31-23)24(36)29-27-13-16-7-6-8-18(12-16)40-25(37)17-9-10-19(35(38)39)15(3)11-17/h6-13H,4-5,14H2,1-3H3,(H2,26,30)(H,29,36)/b27-13+. The van der Waals surface area contributed by atoms with Crippen LogP contribution in [0.4, 0.5) is 11.5 Å². The number of nitrogens with one attached hydrogen (secondary N) is 1. The quantitative estimate of drug-likeness (QED) is 0.0886. The van der Waals surface area contributed by atoms with Crippen molar-refractivity contribution in [3.63, 3.8) is 0 Å². The maximum absolute atomic E-state index is 13.0. The van der Waals surface area contributed by atoms with Gasteiger partial charge in [0.15, 0.2) is 5.69 Å². The van der Waals surface area contributed by atoms with Gasteiger partial charge in [0.25, 0.3) is 11.6 Å². The average molecular weight is 563 g/mol. The number of aryl methyl sites for hydroxylation is 1. The van der Waals surface area contributed by atoms with Gasteiger partial charge in [-0.25, -0.2) is 14.8 Å². The highest BCUT2D eigenvalue weighted by atomic mass is 16.6. The van der Waals surface area contributed by atoms with Crippen molar-refractivity contribution in [1.82, 2.24) is 35.6 Å². The Labute approximate surface area is 232 Å². The van der Waals surface area contributed by atoms with E-state index in [4.69, 9.17) is 10.5 Å². The van der Waals surface area contributed by atoms with Crippen molar-refractivity contribution in [1.29, 1.82) is 0 Å². The van der Waals surface area contributed by atoms with Gasteiger partial charge in [-0.15, -0.1) is 5.10 Å². The Bertz CT molecular complexity index is 1610. The molecule has 16 heteroatoms. The van der Waals surface area contributed by atoms with Crippen molar-refractivity contribution >= 4 is 29.6 Å². The van der Waals surface area contributed by atoms with Crippen molar-refractivity contribution < 1.29 is 23.9 Å². The van der Waals surface area contributed by atoms with Gasteiger partial charge in [-0.05, 0) is 60.2 Å². The molecule has 0 aliphatic carbocycles. The number of nitro groups is 1. The number of benzene rings is 2. The Balaban J connectivity index is 1.47. The Morgan fingerprint density at radius 2 is 2.00 bits per heavy atom. The fraction of sp³-hybridized carbons (Fsp3) is 0.240. The molecule has 212 valence electrons. The number of nitrogen functional groups attached to an aromatic ring is 1. The van der Waals surface area contributed by atoms with Crippen molar-refractivity contribution in [3.8, 4) is 11.6 Å². The van der Waals surface area contributed by atoms with Crippen LogP contribution in [-0.2, 0) is 6.54 Å². The van der Waals surface area contributed by atoms with Crippen LogP contribution < -0.4 is 15.9 Å². The molecule has 0 aliphatic heterocycles. The highest BCUT2D eigenvalue weighted by Gasteiger charge is 2.25. The monoisotopic (exact) mass is 562 g/mol. The summed E-state index contributed by atoms with van der Waals surface area (Å²) in [6, 6.07) is 10.4. The lowest BCUT2D eigenvalue weighted by Crippen LogP contribution is -2.27. The number of carbonyl (C=O) groups is 2. The van der Waals surface area contributed by atoms with Crippen molar-refractivity contribution in [2.24, 2.45) is 5.10 Å². The van der Waals surface area contributed by atoms with Crippen LogP contribution in [-0.4, -0.2) is 66.3 Å². The lowest BCUT2D eigenvalue weighted by molar-refractivity contribution is -0.385. The Hall–Kier alpha value is -5.51. The second kappa shape index (κ2) is 12.6. The highest BCUT2D eigenvalue weighted by molar-refractivity contribution is 5.94. The number of nitrogens with two attached hydrogens (primary N) is 1. The molecule has 2 aromatic carbocycles. The Morgan fingerprint density at radius 3 is 2.66 bits per heavy atom. The largest absolute Gasteiger partial charge is 0.423 e. The first-order valence-corrected chi connectivity index (χ1v) is 12.4. The zero-order chi connectivity index (χ0) is 29.5. The number of nitrogens with zero attached hydrogens (tertiary/aromatic N) is 8. The predicted molar refractivity (Wildman–Crippen MR) is 145 cm³/mol. The summed E-state index contributed by atoms with van der Waals surface area (Å²) in [5.74, 6) is -0.995. The number of hydrogen-bond donors (Lipinski definition) is 2. The smallest absolute Gasteiger partial charge is 0.343 e. The zero-order valence-corrected chi connectivity index (χ0v) is 22.3. The summed E-state index contributed by atoms with van der Waals surface area (Å²) in [7, 11) is 0. The fourth-order valence-electron chi connectivity index (χ4n) is 3.82. The number of rotatable bonds is 11. The molecule has 0 fully saturated rings. The molecule has 2 heterocycles. The van der Waals surface area contributed by atoms with Gasteiger partial charge in [0.1, 0.15) is 5.75 Å². The molecule has 4 aromatic rings. The van der Waals surface area contributed by atoms with E-state index in [0.717, 1.165) is 0 Å². The molecule has 2 aromatic heterocycles. The first-order valence-electron chi connectivity index (χ1n) is 12.4. The van der Waals surface area contributed by atoms with Crippen LogP contribution in [0.25, 0.3) is 5.82 Å². The van der Waals surface area contributed by atoms with Gasteiger partial charge in [0, 0.05) is 18.2 Å². The summed E-state index contributed by atoms with van der Waals surface area (Å²) in [5, 5.41) is 30.3. The van der Waals surface area contributed by atoms with E-state index in [9.17, 15) is 19.7 Å². The summed E-state index contributed by atoms with van der Waals surface area (Å²) in [4.78, 5) is 38.1. The molecule has 0 aliphatic rings. The molecule has 0 unspecified atom stereocenters. The molecule has 0 spiro atoms. The third kappa shape index (κ3) is 6.56. The minimum atomic E-state index is -0.683. The van der Waals surface area contributed by atoms with E-state index in [1.807, 2.05) is 18.7 Å². The fourth-order valence-corrected chi connectivity index (χ4v) is 3.82. The van der Waals surface area contributed by atoms with Gasteiger partial charge >= 0.3 is 5.97 Å². The van der Waals surface area contributed by atoms with Crippen LogP contribution in [0, 0.1) is 17.0 Å². The molecule has 1 amide bonds. The molecule has 0 radical (unpaired) electrons. The number of esters is 1. The number of hydrogen-bond acceptors (Lipinski definition) is 13. The molecule has 16 nitrogen and oxygen atoms in total. The molecular formula is C25H26N10O6. The lowest BCUT2D eigenvalue weighted by Gasteiger charge is -2.18. The van der Waals surface area contributed by atoms with E-state index in [-0.39, 0.29) is 34.3 Å². The molecule has 0 bridgehead atoms. The van der Waals surface area contributed by atoms with E-state index in [1.54, 1.807) is 18.2 Å². The second-order valence-electron chi connectivity index (χ2n) is 8.65. The normalized spacial score (nSPS) is 11.2. The van der Waals surface area contributed by atoms with Crippen molar-refractivity contribution in [2.45, 2.75) is 27.3 Å². The maximum atomic E-state index is 13.0. The van der Waals surface area contributed by atoms with Gasteiger partial charge < -0.3 is 10.5 Å². The molecule has 4 rings (SSSR count). The molecular weight excluding hydrogens is 536 g/mol. The Kier molecular flexibility index (Phi) is 8.73. The van der Waals surface area contributed by atoms with E-state index in [2.05, 4.69) is 35.8 Å². The van der Waals surface area contributed by atoms with E-state index in [1.165, 1.54) is 42.1 Å². The van der Waals surface area contributed by atoms with Crippen molar-refractivity contribution in [2.75, 3.05) is 18.8 Å². The van der Waals surface area contributed by atoms with Gasteiger partial charge in [0.2, 0.25) is 11.6 Å². The third-order valence-electron chi connectivity index (χ3n) is 6.02. The highest BCUT2D eigenvalue weighted by Crippen LogP contribution is 2.21. The van der Waals surface area contributed by atoms with Crippen LogP contribution in [0.1, 0.15) is 51.5 Å². The number of anilines is 1. The summed E-state index contributed by atoms with van der Waals surface area (Å²) < 4.78 is 11.4. The first kappa shape index (κ1) is 28.5. The van der Waals surface area contributed by atoms with Gasteiger partial charge in [0.05, 0.1) is 22.4 Å². The molecule has 3 N–H and O–H groups in total. The van der Waals surface area contributed by atoms with Gasteiger partial charge in [-0.2, -0.15) is 9.78 Å². The lowest BCUT2D eigenvalue weighted by atomic mass is 10.1. The van der Waals surface area contributed by atoms with Crippen LogP contribution in [0.15, 0.2) is 52.2 Å². The number of carbonyl (C=O) groups excluding carboxylic acids is 2. The zero-order valence-electron chi connectivity index (χ0n) is 22.3. The average Bonchev–Trinajstić information content (AvgIpc) is 3.56. The number of amides is 1. The van der Waals surface area contributed by atoms with E-state index >= 15 is 0 Å². The second-order valence-corrected chi connectivity index (χ2v) is 8.65. The number of ether oxygens (including phenoxy) is 1. The maximum Gasteiger partial charge on any atom is 0.343 e. The third-order valence-corrected chi connectivity index (χ3v) is 6.02. The van der Waals surface area contributed by atoms with Gasteiger partial charge in [-0.3, -0.25) is 19.8 Å². The molecule has 0 atom stereocenters. The van der Waals surface area contributed by atoms with Crippen LogP contribution >= 0.6 is 0 Å². The van der Waals surface area contributed by atoms with Crippen LogP contribution in [0.5, 0.6) is 5.75 Å². The van der Waals surface area contributed by atoms with Crippen LogP contribution in [0.3, 0.4) is 0 Å². The topological polar surface area (TPSA) is 210 Å². The van der Waals surface area contributed by atoms with Crippen LogP contribution in [0.2, 0.25) is 0 Å². The first-order chi connectivity index (χ1) is 19.7. The summed E-state index contributed by atoms with van der Waals surface area (Å²) >= 11 is 0. The number of aromatic nitrogens is 5. The Morgan fingerprint density at radius 1 is 1.22 bits per heavy atom. The minimum Gasteiger partial charge on any atom is -0.423 e. The summed E-state index contributed by atoms with van der Waals surface area (Å²) in [6.07, 6.45) is 1.36. The molecule has 41 heavy (non-hydrogen) atoms. The SMILES string of the molecule is CCN(CC)Cc1c(C(=O)N/N=C/c2cccc(OC(=O)c3ccc([N+](=O)[O-])c(C)c3)c2)nnn1-c1nonc1N. The number of nitro benzene ring substituents is 1. The number of hydrazone groups is 1. The predicted octanol–water partition coefficient (Wildman–Crippen LogP) is 2.27. The minimum absolute atomic E-state index is 0.00929.